The fraction of sp³-hybridized carbons (Fsp3) is 0.571. The second kappa shape index (κ2) is 3.93. The van der Waals surface area contributed by atoms with E-state index in [1.807, 2.05) is 18.3 Å². The van der Waals surface area contributed by atoms with Crippen molar-refractivity contribution in [3.05, 3.63) is 18.3 Å². The smallest absolute Gasteiger partial charge is 0.207 e. The second-order valence-electron chi connectivity index (χ2n) is 5.96. The van der Waals surface area contributed by atoms with E-state index >= 15 is 0 Å². The Morgan fingerprint density at radius 2 is 1.84 bits per heavy atom. The van der Waals surface area contributed by atoms with Gasteiger partial charge in [-0.3, -0.25) is 4.57 Å². The van der Waals surface area contributed by atoms with Crippen molar-refractivity contribution in [3.63, 3.8) is 0 Å². The Morgan fingerprint density at radius 3 is 2.53 bits per heavy atom. The quantitative estimate of drug-likeness (QED) is 0.763. The normalized spacial score (nSPS) is 27.4. The summed E-state index contributed by atoms with van der Waals surface area (Å²) in [4.78, 5) is 14.1. The molecule has 0 N–H and O–H groups in total. The fourth-order valence-corrected chi connectivity index (χ4v) is 3.69. The van der Waals surface area contributed by atoms with E-state index in [1.54, 1.807) is 0 Å². The summed E-state index contributed by atoms with van der Waals surface area (Å²) in [5.74, 6) is 2.68. The number of anilines is 1. The summed E-state index contributed by atoms with van der Waals surface area (Å²) in [5.41, 5.74) is 1.97. The Balaban J connectivity index is 1.67. The van der Waals surface area contributed by atoms with Gasteiger partial charge in [0.15, 0.2) is 5.65 Å². The van der Waals surface area contributed by atoms with Gasteiger partial charge in [0, 0.05) is 39.4 Å². The lowest BCUT2D eigenvalue weighted by Gasteiger charge is -2.20. The van der Waals surface area contributed by atoms with Crippen LogP contribution in [0, 0.1) is 11.8 Å². The molecule has 5 nitrogen and oxygen atoms in total. The molecule has 2 aliphatic heterocycles. The standard InChI is InChI=1S/C14H19N5/c1-17-6-10-8-19(9-11(10)7-17)14-16-12-4-3-5-15-13(12)18(14)2/h3-5,10-11H,6-9H2,1-2H3. The van der Waals surface area contributed by atoms with Crippen LogP contribution in [0.1, 0.15) is 0 Å². The molecule has 5 heteroatoms. The fourth-order valence-electron chi connectivity index (χ4n) is 3.69. The molecule has 0 bridgehead atoms. The van der Waals surface area contributed by atoms with Crippen molar-refractivity contribution in [1.82, 2.24) is 19.4 Å². The molecule has 4 rings (SSSR count). The predicted molar refractivity (Wildman–Crippen MR) is 75.2 cm³/mol. The van der Waals surface area contributed by atoms with Gasteiger partial charge in [0.25, 0.3) is 0 Å². The average molecular weight is 257 g/mol. The maximum atomic E-state index is 4.75. The number of aromatic nitrogens is 3. The number of nitrogens with zero attached hydrogens (tertiary/aromatic N) is 5. The molecule has 19 heavy (non-hydrogen) atoms. The molecule has 2 aromatic heterocycles. The van der Waals surface area contributed by atoms with Gasteiger partial charge in [0.2, 0.25) is 5.95 Å². The Hall–Kier alpha value is -1.62. The van der Waals surface area contributed by atoms with Gasteiger partial charge in [-0.1, -0.05) is 0 Å². The van der Waals surface area contributed by atoms with Crippen LogP contribution in [0.25, 0.3) is 11.2 Å². The molecule has 0 aliphatic carbocycles. The highest BCUT2D eigenvalue weighted by atomic mass is 15.3. The summed E-state index contributed by atoms with van der Waals surface area (Å²) in [5, 5.41) is 0. The van der Waals surface area contributed by atoms with Crippen molar-refractivity contribution in [2.45, 2.75) is 0 Å². The first-order valence-corrected chi connectivity index (χ1v) is 6.93. The number of rotatable bonds is 1. The van der Waals surface area contributed by atoms with E-state index in [-0.39, 0.29) is 0 Å². The number of hydrogen-bond acceptors (Lipinski definition) is 4. The number of likely N-dealkylation sites (tertiary alicyclic amines) is 1. The van der Waals surface area contributed by atoms with Gasteiger partial charge in [0.05, 0.1) is 0 Å². The van der Waals surface area contributed by atoms with Crippen LogP contribution in [0.3, 0.4) is 0 Å². The zero-order chi connectivity index (χ0) is 13.0. The molecule has 0 spiro atoms. The van der Waals surface area contributed by atoms with Gasteiger partial charge in [-0.25, -0.2) is 9.97 Å². The maximum Gasteiger partial charge on any atom is 0.207 e. The Labute approximate surface area is 112 Å². The molecule has 0 aromatic carbocycles. The van der Waals surface area contributed by atoms with Crippen molar-refractivity contribution in [2.24, 2.45) is 18.9 Å². The van der Waals surface area contributed by atoms with E-state index in [0.717, 1.165) is 42.0 Å². The van der Waals surface area contributed by atoms with Crippen molar-refractivity contribution >= 4 is 17.1 Å². The van der Waals surface area contributed by atoms with Gasteiger partial charge in [-0.05, 0) is 31.0 Å². The molecule has 2 saturated heterocycles. The van der Waals surface area contributed by atoms with Crippen LogP contribution < -0.4 is 4.90 Å². The summed E-state index contributed by atoms with van der Waals surface area (Å²) in [7, 11) is 4.29. The highest BCUT2D eigenvalue weighted by Gasteiger charge is 2.39. The van der Waals surface area contributed by atoms with Gasteiger partial charge in [-0.2, -0.15) is 0 Å². The minimum Gasteiger partial charge on any atom is -0.342 e. The van der Waals surface area contributed by atoms with Crippen molar-refractivity contribution in [2.75, 3.05) is 38.1 Å². The number of fused-ring (bicyclic) bond motifs is 2. The Morgan fingerprint density at radius 1 is 1.11 bits per heavy atom. The van der Waals surface area contributed by atoms with E-state index < -0.39 is 0 Å². The third kappa shape index (κ3) is 1.64. The number of pyridine rings is 1. The summed E-state index contributed by atoms with van der Waals surface area (Å²) >= 11 is 0. The first kappa shape index (κ1) is 11.2. The van der Waals surface area contributed by atoms with E-state index in [0.29, 0.717) is 0 Å². The third-order valence-corrected chi connectivity index (χ3v) is 4.56. The van der Waals surface area contributed by atoms with Crippen LogP contribution in [-0.2, 0) is 7.05 Å². The summed E-state index contributed by atoms with van der Waals surface area (Å²) in [6.45, 7) is 4.71. The van der Waals surface area contributed by atoms with Gasteiger partial charge in [0.1, 0.15) is 5.52 Å². The summed E-state index contributed by atoms with van der Waals surface area (Å²) in [6.07, 6.45) is 1.83. The molecular formula is C14H19N5. The molecule has 2 aromatic rings. The first-order valence-electron chi connectivity index (χ1n) is 6.93. The van der Waals surface area contributed by atoms with Crippen LogP contribution in [0.5, 0.6) is 0 Å². The molecule has 2 unspecified atom stereocenters. The number of hydrogen-bond donors (Lipinski definition) is 0. The van der Waals surface area contributed by atoms with Crippen molar-refractivity contribution in [3.8, 4) is 0 Å². The SMILES string of the molecule is CN1CC2CN(c3nc4cccnc4n3C)CC2C1. The van der Waals surface area contributed by atoms with Gasteiger partial charge < -0.3 is 9.80 Å². The third-order valence-electron chi connectivity index (χ3n) is 4.56. The van der Waals surface area contributed by atoms with Crippen molar-refractivity contribution in [1.29, 1.82) is 0 Å². The lowest BCUT2D eigenvalue weighted by atomic mass is 10.0. The molecule has 2 atom stereocenters. The molecule has 0 saturated carbocycles. The number of aryl methyl sites for hydroxylation is 1. The van der Waals surface area contributed by atoms with Crippen LogP contribution in [0.15, 0.2) is 18.3 Å². The zero-order valence-electron chi connectivity index (χ0n) is 11.5. The van der Waals surface area contributed by atoms with Gasteiger partial charge in [-0.15, -0.1) is 0 Å². The molecule has 0 amide bonds. The largest absolute Gasteiger partial charge is 0.342 e. The topological polar surface area (TPSA) is 37.2 Å². The Bertz CT molecular complexity index is 605. The van der Waals surface area contributed by atoms with Crippen LogP contribution in [-0.4, -0.2) is 52.7 Å². The Kier molecular flexibility index (Phi) is 2.33. The van der Waals surface area contributed by atoms with Gasteiger partial charge >= 0.3 is 0 Å². The summed E-state index contributed by atoms with van der Waals surface area (Å²) in [6, 6.07) is 3.99. The highest BCUT2D eigenvalue weighted by molar-refractivity contribution is 5.74. The lowest BCUT2D eigenvalue weighted by Crippen LogP contribution is -2.28. The molecule has 2 aliphatic rings. The molecular weight excluding hydrogens is 238 g/mol. The number of imidazole rings is 1. The first-order chi connectivity index (χ1) is 9.22. The van der Waals surface area contributed by atoms with E-state index in [2.05, 4.69) is 33.4 Å². The zero-order valence-corrected chi connectivity index (χ0v) is 11.5. The lowest BCUT2D eigenvalue weighted by molar-refractivity contribution is 0.386. The molecule has 0 radical (unpaired) electrons. The highest BCUT2D eigenvalue weighted by Crippen LogP contribution is 2.33. The molecule has 100 valence electrons. The molecule has 2 fully saturated rings. The minimum absolute atomic E-state index is 0.803. The van der Waals surface area contributed by atoms with Crippen LogP contribution >= 0.6 is 0 Å². The van der Waals surface area contributed by atoms with Crippen molar-refractivity contribution < 1.29 is 0 Å². The second-order valence-corrected chi connectivity index (χ2v) is 5.96. The van der Waals surface area contributed by atoms with E-state index in [1.165, 1.54) is 13.1 Å². The van der Waals surface area contributed by atoms with Crippen LogP contribution in [0.4, 0.5) is 5.95 Å². The maximum absolute atomic E-state index is 4.75. The monoisotopic (exact) mass is 257 g/mol. The molecule has 4 heterocycles. The van der Waals surface area contributed by atoms with E-state index in [9.17, 15) is 0 Å². The predicted octanol–water partition coefficient (Wildman–Crippen LogP) is 0.966. The van der Waals surface area contributed by atoms with Crippen LogP contribution in [0.2, 0.25) is 0 Å². The minimum atomic E-state index is 0.803. The average Bonchev–Trinajstić information content (AvgIpc) is 3.01. The summed E-state index contributed by atoms with van der Waals surface area (Å²) < 4.78 is 2.13. The van der Waals surface area contributed by atoms with E-state index in [4.69, 9.17) is 4.98 Å².